The average Bonchev–Trinajstić information content (AvgIpc) is 3.39. The molecule has 0 fully saturated rings. The summed E-state index contributed by atoms with van der Waals surface area (Å²) in [7, 11) is 5.95. The normalized spacial score (nSPS) is 13.6. The van der Waals surface area contributed by atoms with E-state index in [1.807, 2.05) is 21.1 Å². The molecular weight excluding hydrogens is 947 g/mol. The molecule has 0 aromatic heterocycles. The molecule has 0 bridgehead atoms. The lowest BCUT2D eigenvalue weighted by atomic mass is 10.1. The number of carboxylic acid groups (broad SMARTS) is 1. The number of aliphatic carboxylic acids is 1. The van der Waals surface area contributed by atoms with Crippen molar-refractivity contribution in [3.8, 4) is 0 Å². The summed E-state index contributed by atoms with van der Waals surface area (Å²) < 4.78 is 22.9. The van der Waals surface area contributed by atoms with Gasteiger partial charge in [-0.3, -0.25) is 9.59 Å². The Labute approximate surface area is 466 Å². The summed E-state index contributed by atoms with van der Waals surface area (Å²) in [6.07, 6.45) is 77.0. The molecule has 432 valence electrons. The number of nitrogens with zero attached hydrogens (tertiary/aromatic N) is 1. The van der Waals surface area contributed by atoms with Crippen LogP contribution in [0.5, 0.6) is 0 Å². The van der Waals surface area contributed by atoms with Crippen molar-refractivity contribution in [3.63, 3.8) is 0 Å². The number of ether oxygens (including phenoxy) is 4. The minimum atomic E-state index is -1.52. The van der Waals surface area contributed by atoms with Gasteiger partial charge in [0.05, 0.1) is 34.4 Å². The maximum absolute atomic E-state index is 12.9. The predicted octanol–water partition coefficient (Wildman–Crippen LogP) is 18.1. The highest BCUT2D eigenvalue weighted by Gasteiger charge is 2.25. The number of hydrogen-bond donors (Lipinski definition) is 1. The number of carbonyl (C=O) groups excluding carboxylic acids is 2. The van der Waals surface area contributed by atoms with E-state index in [2.05, 4.69) is 135 Å². The summed E-state index contributed by atoms with van der Waals surface area (Å²) in [4.78, 5) is 37.4. The molecule has 0 saturated heterocycles. The number of carboxylic acids is 1. The molecule has 9 nitrogen and oxygen atoms in total. The van der Waals surface area contributed by atoms with Crippen molar-refractivity contribution in [3.05, 3.63) is 122 Å². The first-order chi connectivity index (χ1) is 37.1. The zero-order valence-corrected chi connectivity index (χ0v) is 49.1. The van der Waals surface area contributed by atoms with Gasteiger partial charge in [0.15, 0.2) is 6.10 Å². The molecule has 2 atom stereocenters. The van der Waals surface area contributed by atoms with Gasteiger partial charge < -0.3 is 28.5 Å². The Bertz CT molecular complexity index is 1660. The van der Waals surface area contributed by atoms with Gasteiger partial charge in [-0.1, -0.05) is 225 Å². The third-order valence-electron chi connectivity index (χ3n) is 12.5. The Morgan fingerprint density at radius 3 is 1.13 bits per heavy atom. The van der Waals surface area contributed by atoms with Gasteiger partial charge in [-0.15, -0.1) is 0 Å². The molecule has 0 saturated carbocycles. The fraction of sp³-hybridized carbons (Fsp3) is 0.657. The van der Waals surface area contributed by atoms with Crippen molar-refractivity contribution < 1.29 is 42.9 Å². The van der Waals surface area contributed by atoms with E-state index in [-0.39, 0.29) is 38.6 Å². The maximum atomic E-state index is 12.9. The van der Waals surface area contributed by atoms with Crippen molar-refractivity contribution in [2.45, 2.75) is 238 Å². The van der Waals surface area contributed by atoms with E-state index in [9.17, 15) is 19.5 Å². The van der Waals surface area contributed by atoms with Gasteiger partial charge in [-0.2, -0.15) is 0 Å². The fourth-order valence-electron chi connectivity index (χ4n) is 7.82. The van der Waals surface area contributed by atoms with Crippen LogP contribution in [0.4, 0.5) is 0 Å². The smallest absolute Gasteiger partial charge is 0.361 e. The maximum Gasteiger partial charge on any atom is 0.361 e. The van der Waals surface area contributed by atoms with Gasteiger partial charge in [0, 0.05) is 12.8 Å². The number of quaternary nitrogens is 1. The third-order valence-corrected chi connectivity index (χ3v) is 12.5. The highest BCUT2D eigenvalue weighted by molar-refractivity contribution is 5.71. The number of unbranched alkanes of at least 4 members (excludes halogenated alkanes) is 19. The van der Waals surface area contributed by atoms with Crippen molar-refractivity contribution in [1.82, 2.24) is 0 Å². The number of likely N-dealkylation sites (N-methyl/N-ethyl adjacent to an activating group) is 1. The molecule has 0 aromatic carbocycles. The van der Waals surface area contributed by atoms with Gasteiger partial charge in [0.25, 0.3) is 6.29 Å². The van der Waals surface area contributed by atoms with Gasteiger partial charge in [-0.05, 0) is 109 Å². The van der Waals surface area contributed by atoms with Crippen LogP contribution < -0.4 is 0 Å². The Morgan fingerprint density at radius 1 is 0.408 bits per heavy atom. The van der Waals surface area contributed by atoms with Gasteiger partial charge >= 0.3 is 17.9 Å². The summed E-state index contributed by atoms with van der Waals surface area (Å²) in [5.41, 5.74) is 0. The zero-order chi connectivity index (χ0) is 55.5. The van der Waals surface area contributed by atoms with Crippen LogP contribution in [0.2, 0.25) is 0 Å². The van der Waals surface area contributed by atoms with Crippen molar-refractivity contribution in [2.24, 2.45) is 0 Å². The van der Waals surface area contributed by atoms with E-state index < -0.39 is 24.3 Å². The standard InChI is InChI=1S/C67H111NO8/c1-6-8-10-12-14-16-18-20-22-24-26-27-28-29-30-31-32-33-34-35-36-37-38-39-40-42-44-46-48-50-52-54-56-58-65(70)76-63(62-75-67(66(71)72)73-60-59-68(3,4)5)61-74-64(69)57-55-53-51-49-47-45-43-41-25-23-21-19-17-15-13-11-9-7-2/h8,10,14,16,20,22-23,25-27,29-30,32-33,35-36,38-39,42,44,63,67H,6-7,9,11-13,15,17-19,21,24,28,31,34,37,40-41,43,45-62H2,1-5H3/p+1/b10-8-,16-14-,22-20-,25-23-,27-26-,30-29-,33-32-,36-35-,39-38-,44-42-. The molecule has 9 heteroatoms. The number of allylic oxidation sites excluding steroid dienone is 20. The number of carbonyl (C=O) groups is 3. The van der Waals surface area contributed by atoms with Gasteiger partial charge in [0.1, 0.15) is 13.2 Å². The first kappa shape index (κ1) is 71.7. The van der Waals surface area contributed by atoms with Crippen LogP contribution in [-0.4, -0.2) is 87.4 Å². The van der Waals surface area contributed by atoms with Crippen LogP contribution in [0, 0.1) is 0 Å². The van der Waals surface area contributed by atoms with Crippen molar-refractivity contribution in [2.75, 3.05) is 47.5 Å². The molecular formula is C67H112NO8+. The van der Waals surface area contributed by atoms with Crippen LogP contribution in [0.3, 0.4) is 0 Å². The Balaban J connectivity index is 4.31. The first-order valence-corrected chi connectivity index (χ1v) is 30.2. The highest BCUT2D eigenvalue weighted by Crippen LogP contribution is 2.14. The van der Waals surface area contributed by atoms with Crippen molar-refractivity contribution in [1.29, 1.82) is 0 Å². The lowest BCUT2D eigenvalue weighted by Gasteiger charge is -2.25. The van der Waals surface area contributed by atoms with Crippen molar-refractivity contribution >= 4 is 17.9 Å². The Hall–Kier alpha value is -4.31. The first-order valence-electron chi connectivity index (χ1n) is 30.2. The second-order valence-electron chi connectivity index (χ2n) is 20.9. The molecule has 0 radical (unpaired) electrons. The topological polar surface area (TPSA) is 108 Å². The fourth-order valence-corrected chi connectivity index (χ4v) is 7.82. The quantitative estimate of drug-likeness (QED) is 0.0211. The highest BCUT2D eigenvalue weighted by atomic mass is 16.7. The van der Waals surface area contributed by atoms with Gasteiger partial charge in [0.2, 0.25) is 0 Å². The summed E-state index contributed by atoms with van der Waals surface area (Å²) in [5, 5.41) is 9.71. The third kappa shape index (κ3) is 57.4. The van der Waals surface area contributed by atoms with E-state index in [1.165, 1.54) is 70.6 Å². The number of hydrogen-bond acceptors (Lipinski definition) is 7. The molecule has 0 aliphatic rings. The van der Waals surface area contributed by atoms with E-state index in [0.717, 1.165) is 122 Å². The second kappa shape index (κ2) is 56.9. The minimum absolute atomic E-state index is 0.177. The zero-order valence-electron chi connectivity index (χ0n) is 49.1. The summed E-state index contributed by atoms with van der Waals surface area (Å²) in [5.74, 6) is -2.05. The molecule has 0 heterocycles. The Kier molecular flexibility index (Phi) is 53.7. The number of esters is 2. The molecule has 0 aliphatic heterocycles. The molecule has 76 heavy (non-hydrogen) atoms. The SMILES string of the molecule is CC/C=C\C/C=C\C/C=C\C/C=C\C/C=C\C/C=C\C/C=C\C/C=C\C/C=C\CCCCCCCC(=O)OC(COC(=O)CCCCCCCCC/C=C\CCCCCCCCC)COC(OCC[N+](C)(C)C)C(=O)O. The number of rotatable bonds is 54. The average molecular weight is 1060 g/mol. The molecule has 0 rings (SSSR count). The minimum Gasteiger partial charge on any atom is -0.477 e. The molecule has 2 unspecified atom stereocenters. The van der Waals surface area contributed by atoms with Gasteiger partial charge in [-0.25, -0.2) is 4.79 Å². The lowest BCUT2D eigenvalue weighted by Crippen LogP contribution is -2.40. The summed E-state index contributed by atoms with van der Waals surface area (Å²) in [6.45, 7) is 4.72. The summed E-state index contributed by atoms with van der Waals surface area (Å²) >= 11 is 0. The molecule has 0 spiro atoms. The lowest BCUT2D eigenvalue weighted by molar-refractivity contribution is -0.870. The van der Waals surface area contributed by atoms with E-state index in [1.54, 1.807) is 0 Å². The Morgan fingerprint density at radius 2 is 0.750 bits per heavy atom. The largest absolute Gasteiger partial charge is 0.477 e. The molecule has 0 aromatic rings. The second-order valence-corrected chi connectivity index (χ2v) is 20.9. The predicted molar refractivity (Wildman–Crippen MR) is 322 cm³/mol. The van der Waals surface area contributed by atoms with Crippen LogP contribution >= 0.6 is 0 Å². The van der Waals surface area contributed by atoms with Crippen LogP contribution in [-0.2, 0) is 33.3 Å². The van der Waals surface area contributed by atoms with E-state index in [0.29, 0.717) is 17.4 Å². The van der Waals surface area contributed by atoms with E-state index in [4.69, 9.17) is 18.9 Å². The molecule has 1 N–H and O–H groups in total. The van der Waals surface area contributed by atoms with Crippen LogP contribution in [0.1, 0.15) is 226 Å². The monoisotopic (exact) mass is 1060 g/mol. The summed E-state index contributed by atoms with van der Waals surface area (Å²) in [6, 6.07) is 0. The molecule has 0 amide bonds. The van der Waals surface area contributed by atoms with Crippen LogP contribution in [0.15, 0.2) is 122 Å². The van der Waals surface area contributed by atoms with Crippen LogP contribution in [0.25, 0.3) is 0 Å². The van der Waals surface area contributed by atoms with E-state index >= 15 is 0 Å². The molecule has 0 aliphatic carbocycles.